The molecule has 0 radical (unpaired) electrons. The second-order valence-corrected chi connectivity index (χ2v) is 11.8. The highest BCUT2D eigenvalue weighted by molar-refractivity contribution is 7.90. The van der Waals surface area contributed by atoms with Gasteiger partial charge in [-0.2, -0.15) is 4.98 Å². The third kappa shape index (κ3) is 5.35. The molecule has 1 saturated carbocycles. The summed E-state index contributed by atoms with van der Waals surface area (Å²) in [5, 5.41) is 7.56. The molecule has 9 nitrogen and oxygen atoms in total. The first-order valence-corrected chi connectivity index (χ1v) is 14.2. The molecule has 0 spiro atoms. The number of nitrogens with zero attached hydrogens (tertiary/aromatic N) is 4. The number of hydrogen-bond acceptors (Lipinski definition) is 7. The number of rotatable bonds is 7. The van der Waals surface area contributed by atoms with Crippen molar-refractivity contribution in [2.45, 2.75) is 49.6 Å². The predicted octanol–water partition coefficient (Wildman–Crippen LogP) is 4.20. The molecule has 0 saturated heterocycles. The van der Waals surface area contributed by atoms with E-state index >= 15 is 0 Å². The van der Waals surface area contributed by atoms with Crippen molar-refractivity contribution in [2.24, 2.45) is 0 Å². The van der Waals surface area contributed by atoms with E-state index in [9.17, 15) is 13.2 Å². The Balaban J connectivity index is 1.19. The molecule has 4 aromatic rings. The molecular formula is C28H32N6O3S. The minimum absolute atomic E-state index is 0.0208. The van der Waals surface area contributed by atoms with Crippen LogP contribution in [0.5, 0.6) is 0 Å². The van der Waals surface area contributed by atoms with E-state index in [-0.39, 0.29) is 22.9 Å². The van der Waals surface area contributed by atoms with E-state index in [1.165, 1.54) is 18.5 Å². The van der Waals surface area contributed by atoms with Gasteiger partial charge in [0, 0.05) is 44.0 Å². The number of aryl methyl sites for hydroxylation is 1. The molecule has 2 heterocycles. The Morgan fingerprint density at radius 1 is 0.947 bits per heavy atom. The highest BCUT2D eigenvalue weighted by Crippen LogP contribution is 2.26. The molecule has 1 amide bonds. The fourth-order valence-electron chi connectivity index (χ4n) is 4.79. The normalized spacial score (nSPS) is 17.8. The van der Waals surface area contributed by atoms with Gasteiger partial charge in [0.1, 0.15) is 5.82 Å². The van der Waals surface area contributed by atoms with Crippen LogP contribution < -0.4 is 15.5 Å². The van der Waals surface area contributed by atoms with Gasteiger partial charge in [0.05, 0.1) is 16.0 Å². The van der Waals surface area contributed by atoms with Crippen molar-refractivity contribution >= 4 is 38.6 Å². The molecule has 0 unspecified atom stereocenters. The highest BCUT2D eigenvalue weighted by Gasteiger charge is 2.25. The van der Waals surface area contributed by atoms with Crippen LogP contribution in [0, 0.1) is 6.92 Å². The first kappa shape index (κ1) is 25.7. The van der Waals surface area contributed by atoms with Gasteiger partial charge in [-0.25, -0.2) is 17.4 Å². The minimum atomic E-state index is -3.75. The molecule has 198 valence electrons. The van der Waals surface area contributed by atoms with E-state index < -0.39 is 10.0 Å². The third-order valence-corrected chi connectivity index (χ3v) is 8.58. The van der Waals surface area contributed by atoms with Crippen molar-refractivity contribution < 1.29 is 13.2 Å². The van der Waals surface area contributed by atoms with Crippen molar-refractivity contribution in [3.05, 3.63) is 78.1 Å². The molecule has 5 rings (SSSR count). The standard InChI is InChI=1S/C28H32N6O3S/c1-19-8-14-23(15-9-19)38(36,37)34-17-16-20(18-34)27(35)29-21-10-12-22(13-11-21)30-28-31-25-7-5-4-6-24(25)26(32-28)33(2)3/h4-9,14-18,21-22H,10-13H2,1-3H3,(H,29,35)(H,30,31,32). The van der Waals surface area contributed by atoms with Crippen LogP contribution in [0.2, 0.25) is 0 Å². The number of benzene rings is 2. The number of nitrogens with one attached hydrogen (secondary N) is 2. The fraction of sp³-hybridized carbons (Fsp3) is 0.321. The lowest BCUT2D eigenvalue weighted by molar-refractivity contribution is 0.0926. The molecule has 10 heteroatoms. The number of carbonyl (C=O) groups excluding carboxylic acids is 1. The minimum Gasteiger partial charge on any atom is -0.362 e. The largest absolute Gasteiger partial charge is 0.362 e. The molecule has 38 heavy (non-hydrogen) atoms. The first-order valence-electron chi connectivity index (χ1n) is 12.7. The second-order valence-electron chi connectivity index (χ2n) is 10.00. The summed E-state index contributed by atoms with van der Waals surface area (Å²) in [4.78, 5) is 24.5. The molecule has 1 fully saturated rings. The van der Waals surface area contributed by atoms with Gasteiger partial charge >= 0.3 is 0 Å². The van der Waals surface area contributed by atoms with E-state index in [4.69, 9.17) is 9.97 Å². The predicted molar refractivity (Wildman–Crippen MR) is 149 cm³/mol. The number of anilines is 2. The Hall–Kier alpha value is -3.92. The number of carbonyl (C=O) groups is 1. The maximum Gasteiger partial charge on any atom is 0.267 e. The van der Waals surface area contributed by atoms with Crippen molar-refractivity contribution in [1.29, 1.82) is 0 Å². The summed E-state index contributed by atoms with van der Waals surface area (Å²) in [6.45, 7) is 1.90. The Labute approximate surface area is 223 Å². The second kappa shape index (κ2) is 10.4. The van der Waals surface area contributed by atoms with Crippen LogP contribution in [0.15, 0.2) is 71.9 Å². The lowest BCUT2D eigenvalue weighted by Gasteiger charge is -2.30. The Morgan fingerprint density at radius 3 is 2.34 bits per heavy atom. The lowest BCUT2D eigenvalue weighted by Crippen LogP contribution is -2.40. The Bertz CT molecular complexity index is 1560. The molecule has 2 aromatic carbocycles. The van der Waals surface area contributed by atoms with Gasteiger partial charge in [0.25, 0.3) is 15.9 Å². The molecule has 0 bridgehead atoms. The van der Waals surface area contributed by atoms with Gasteiger partial charge in [0.15, 0.2) is 0 Å². The van der Waals surface area contributed by atoms with E-state index in [0.717, 1.165) is 51.9 Å². The number of aromatic nitrogens is 3. The van der Waals surface area contributed by atoms with Crippen LogP contribution in [-0.4, -0.2) is 54.4 Å². The summed E-state index contributed by atoms with van der Waals surface area (Å²) in [6, 6.07) is 16.4. The van der Waals surface area contributed by atoms with Crippen molar-refractivity contribution in [2.75, 3.05) is 24.3 Å². The van der Waals surface area contributed by atoms with Crippen molar-refractivity contribution in [3.8, 4) is 0 Å². The number of amides is 1. The van der Waals surface area contributed by atoms with Crippen LogP contribution in [0.4, 0.5) is 11.8 Å². The van der Waals surface area contributed by atoms with Crippen LogP contribution in [0.1, 0.15) is 41.6 Å². The van der Waals surface area contributed by atoms with Gasteiger partial charge < -0.3 is 15.5 Å². The number of fused-ring (bicyclic) bond motifs is 1. The van der Waals surface area contributed by atoms with Crippen LogP contribution in [0.3, 0.4) is 0 Å². The zero-order valence-corrected chi connectivity index (χ0v) is 22.6. The fourth-order valence-corrected chi connectivity index (χ4v) is 5.99. The summed E-state index contributed by atoms with van der Waals surface area (Å²) < 4.78 is 26.9. The molecule has 0 atom stereocenters. The Kier molecular flexibility index (Phi) is 7.07. The van der Waals surface area contributed by atoms with Gasteiger partial charge in [-0.05, 0) is 62.9 Å². The maximum atomic E-state index is 12.9. The average molecular weight is 533 g/mol. The van der Waals surface area contributed by atoms with E-state index in [1.54, 1.807) is 24.3 Å². The molecule has 2 aromatic heterocycles. The summed E-state index contributed by atoms with van der Waals surface area (Å²) in [6.07, 6.45) is 6.12. The van der Waals surface area contributed by atoms with Gasteiger partial charge in [0.2, 0.25) is 5.95 Å². The van der Waals surface area contributed by atoms with E-state index in [0.29, 0.717) is 11.5 Å². The van der Waals surface area contributed by atoms with Crippen molar-refractivity contribution in [3.63, 3.8) is 0 Å². The summed E-state index contributed by atoms with van der Waals surface area (Å²) >= 11 is 0. The van der Waals surface area contributed by atoms with E-state index in [1.807, 2.05) is 50.2 Å². The first-order chi connectivity index (χ1) is 18.2. The molecule has 1 aliphatic rings. The quantitative estimate of drug-likeness (QED) is 0.367. The summed E-state index contributed by atoms with van der Waals surface area (Å²) in [5.74, 6) is 1.21. The zero-order chi connectivity index (χ0) is 26.9. The maximum absolute atomic E-state index is 12.9. The van der Waals surface area contributed by atoms with Crippen molar-refractivity contribution in [1.82, 2.24) is 19.3 Å². The summed E-state index contributed by atoms with van der Waals surface area (Å²) in [5.41, 5.74) is 2.19. The molecule has 2 N–H and O–H groups in total. The van der Waals surface area contributed by atoms with Crippen LogP contribution in [-0.2, 0) is 10.0 Å². The molecular weight excluding hydrogens is 500 g/mol. The number of para-hydroxylation sites is 1. The smallest absolute Gasteiger partial charge is 0.267 e. The molecule has 1 aliphatic carbocycles. The van der Waals surface area contributed by atoms with Gasteiger partial charge in [-0.15, -0.1) is 0 Å². The number of hydrogen-bond donors (Lipinski definition) is 2. The average Bonchev–Trinajstić information content (AvgIpc) is 3.41. The monoisotopic (exact) mass is 532 g/mol. The SMILES string of the molecule is Cc1ccc(S(=O)(=O)n2ccc(C(=O)NC3CCC(Nc4nc(N(C)C)c5ccccc5n4)CC3)c2)cc1. The molecule has 0 aliphatic heterocycles. The van der Waals surface area contributed by atoms with Crippen LogP contribution in [0.25, 0.3) is 10.9 Å². The zero-order valence-electron chi connectivity index (χ0n) is 21.8. The summed E-state index contributed by atoms with van der Waals surface area (Å²) in [7, 11) is 0.194. The highest BCUT2D eigenvalue weighted by atomic mass is 32.2. The van der Waals surface area contributed by atoms with E-state index in [2.05, 4.69) is 10.6 Å². The van der Waals surface area contributed by atoms with Gasteiger partial charge in [-0.3, -0.25) is 4.79 Å². The van der Waals surface area contributed by atoms with Gasteiger partial charge in [-0.1, -0.05) is 29.8 Å². The third-order valence-electron chi connectivity index (χ3n) is 6.93. The topological polar surface area (TPSA) is 109 Å². The van der Waals surface area contributed by atoms with Crippen LogP contribution >= 0.6 is 0 Å². The Morgan fingerprint density at radius 2 is 1.63 bits per heavy atom. The lowest BCUT2D eigenvalue weighted by atomic mass is 9.91.